The first kappa shape index (κ1) is 19.1. The molecule has 0 saturated carbocycles. The van der Waals surface area contributed by atoms with Gasteiger partial charge in [0.05, 0.1) is 12.6 Å². The van der Waals surface area contributed by atoms with E-state index in [1.807, 2.05) is 44.2 Å². The van der Waals surface area contributed by atoms with Gasteiger partial charge in [0.2, 0.25) is 5.91 Å². The van der Waals surface area contributed by atoms with E-state index in [0.29, 0.717) is 35.7 Å². The lowest BCUT2D eigenvalue weighted by atomic mass is 10.0. The summed E-state index contributed by atoms with van der Waals surface area (Å²) in [6.07, 6.45) is 2.05. The number of carbonyl (C=O) groups excluding carboxylic acids is 2. The van der Waals surface area contributed by atoms with E-state index in [0.717, 1.165) is 29.5 Å². The Morgan fingerprint density at radius 2 is 2.10 bits per heavy atom. The molecule has 2 aromatic carbocycles. The normalized spacial score (nSPS) is 14.6. The highest BCUT2D eigenvalue weighted by Crippen LogP contribution is 2.31. The molecule has 2 N–H and O–H groups in total. The quantitative estimate of drug-likeness (QED) is 0.665. The molecule has 0 bridgehead atoms. The average Bonchev–Trinajstić information content (AvgIpc) is 3.06. The minimum absolute atomic E-state index is 0.0193. The zero-order chi connectivity index (χ0) is 20.4. The van der Waals surface area contributed by atoms with E-state index in [9.17, 15) is 9.59 Å². The van der Waals surface area contributed by atoms with Crippen LogP contribution in [0.3, 0.4) is 0 Å². The Hall–Kier alpha value is -3.28. The highest BCUT2D eigenvalue weighted by atomic mass is 16.5. The van der Waals surface area contributed by atoms with Gasteiger partial charge in [-0.1, -0.05) is 12.1 Å². The molecule has 1 aliphatic rings. The SMILES string of the molecule is CCOc1cccc2cc(C(C)NC(=O)c3ccc4c(c3)CCCC(=O)N4)oc12. The predicted octanol–water partition coefficient (Wildman–Crippen LogP) is 4.60. The fourth-order valence-electron chi connectivity index (χ4n) is 3.61. The molecule has 1 aliphatic heterocycles. The molecule has 6 nitrogen and oxygen atoms in total. The smallest absolute Gasteiger partial charge is 0.251 e. The molecule has 0 fully saturated rings. The molecule has 0 saturated heterocycles. The van der Waals surface area contributed by atoms with E-state index < -0.39 is 0 Å². The van der Waals surface area contributed by atoms with Crippen LogP contribution in [-0.4, -0.2) is 18.4 Å². The van der Waals surface area contributed by atoms with Crippen molar-refractivity contribution in [3.8, 4) is 5.75 Å². The van der Waals surface area contributed by atoms with Crippen LogP contribution in [0.1, 0.15) is 54.4 Å². The second kappa shape index (κ2) is 7.99. The van der Waals surface area contributed by atoms with Crippen LogP contribution >= 0.6 is 0 Å². The maximum Gasteiger partial charge on any atom is 0.251 e. The van der Waals surface area contributed by atoms with E-state index in [2.05, 4.69) is 10.6 Å². The van der Waals surface area contributed by atoms with Crippen molar-refractivity contribution < 1.29 is 18.7 Å². The summed E-state index contributed by atoms with van der Waals surface area (Å²) in [5, 5.41) is 6.82. The average molecular weight is 392 g/mol. The minimum Gasteiger partial charge on any atom is -0.490 e. The van der Waals surface area contributed by atoms with Gasteiger partial charge >= 0.3 is 0 Å². The Kier molecular flexibility index (Phi) is 5.25. The van der Waals surface area contributed by atoms with Gasteiger partial charge in [-0.25, -0.2) is 0 Å². The molecule has 2 heterocycles. The second-order valence-electron chi connectivity index (χ2n) is 7.23. The molecule has 2 amide bonds. The number of carbonyl (C=O) groups is 2. The lowest BCUT2D eigenvalue weighted by molar-refractivity contribution is -0.116. The molecule has 150 valence electrons. The number of fused-ring (bicyclic) bond motifs is 2. The standard InChI is InChI=1S/C23H24N2O4/c1-3-28-19-8-4-7-16-13-20(29-22(16)19)14(2)24-23(27)17-10-11-18-15(12-17)6-5-9-21(26)25-18/h4,7-8,10-14H,3,5-6,9H2,1-2H3,(H,24,27)(H,25,26). The largest absolute Gasteiger partial charge is 0.490 e. The lowest BCUT2D eigenvalue weighted by Gasteiger charge is -2.13. The third kappa shape index (κ3) is 3.97. The van der Waals surface area contributed by atoms with Gasteiger partial charge in [-0.15, -0.1) is 0 Å². The Balaban J connectivity index is 1.53. The lowest BCUT2D eigenvalue weighted by Crippen LogP contribution is -2.26. The van der Waals surface area contributed by atoms with Crippen molar-refractivity contribution in [2.75, 3.05) is 11.9 Å². The van der Waals surface area contributed by atoms with E-state index >= 15 is 0 Å². The number of rotatable bonds is 5. The van der Waals surface area contributed by atoms with Crippen molar-refractivity contribution >= 4 is 28.5 Å². The molecule has 0 spiro atoms. The van der Waals surface area contributed by atoms with Crippen molar-refractivity contribution in [2.24, 2.45) is 0 Å². The van der Waals surface area contributed by atoms with E-state index in [4.69, 9.17) is 9.15 Å². The fourth-order valence-corrected chi connectivity index (χ4v) is 3.61. The van der Waals surface area contributed by atoms with Crippen LogP contribution in [0.15, 0.2) is 46.9 Å². The summed E-state index contributed by atoms with van der Waals surface area (Å²) in [5.74, 6) is 1.21. The van der Waals surface area contributed by atoms with Crippen LogP contribution in [0.2, 0.25) is 0 Å². The monoisotopic (exact) mass is 392 g/mol. The van der Waals surface area contributed by atoms with Crippen LogP contribution < -0.4 is 15.4 Å². The molecule has 1 unspecified atom stereocenters. The number of benzene rings is 2. The Morgan fingerprint density at radius 3 is 2.93 bits per heavy atom. The van der Waals surface area contributed by atoms with E-state index in [1.54, 1.807) is 12.1 Å². The van der Waals surface area contributed by atoms with Crippen molar-refractivity contribution in [1.29, 1.82) is 0 Å². The highest BCUT2D eigenvalue weighted by Gasteiger charge is 2.19. The van der Waals surface area contributed by atoms with Crippen LogP contribution in [0.5, 0.6) is 5.75 Å². The first-order valence-corrected chi connectivity index (χ1v) is 9.94. The number of furan rings is 1. The van der Waals surface area contributed by atoms with Crippen LogP contribution in [-0.2, 0) is 11.2 Å². The van der Waals surface area contributed by atoms with Crippen molar-refractivity contribution in [3.05, 3.63) is 59.4 Å². The third-order valence-electron chi connectivity index (χ3n) is 5.09. The van der Waals surface area contributed by atoms with Crippen molar-refractivity contribution in [1.82, 2.24) is 5.32 Å². The molecule has 0 aliphatic carbocycles. The zero-order valence-electron chi connectivity index (χ0n) is 16.6. The minimum atomic E-state index is -0.303. The maximum absolute atomic E-state index is 12.8. The summed E-state index contributed by atoms with van der Waals surface area (Å²) in [4.78, 5) is 24.5. The Labute approximate surface area is 169 Å². The summed E-state index contributed by atoms with van der Waals surface area (Å²) in [6, 6.07) is 12.8. The second-order valence-corrected chi connectivity index (χ2v) is 7.23. The van der Waals surface area contributed by atoms with Gasteiger partial charge in [-0.3, -0.25) is 9.59 Å². The van der Waals surface area contributed by atoms with Crippen molar-refractivity contribution in [2.45, 2.75) is 39.2 Å². The summed E-state index contributed by atoms with van der Waals surface area (Å²) in [5.41, 5.74) is 3.03. The highest BCUT2D eigenvalue weighted by molar-refractivity contribution is 5.97. The van der Waals surface area contributed by atoms with Crippen molar-refractivity contribution in [3.63, 3.8) is 0 Å². The molecule has 1 aromatic heterocycles. The van der Waals surface area contributed by atoms with Crippen LogP contribution in [0, 0.1) is 0 Å². The van der Waals surface area contributed by atoms with Gasteiger partial charge in [-0.2, -0.15) is 0 Å². The third-order valence-corrected chi connectivity index (χ3v) is 5.09. The topological polar surface area (TPSA) is 80.6 Å². The summed E-state index contributed by atoms with van der Waals surface area (Å²) in [7, 11) is 0. The number of anilines is 1. The molecule has 3 aromatic rings. The van der Waals surface area contributed by atoms with Gasteiger partial charge in [-0.05, 0) is 62.6 Å². The van der Waals surface area contributed by atoms with Gasteiger partial charge in [0.1, 0.15) is 5.76 Å². The maximum atomic E-state index is 12.8. The Morgan fingerprint density at radius 1 is 1.24 bits per heavy atom. The van der Waals surface area contributed by atoms with Gasteiger partial charge in [0.25, 0.3) is 5.91 Å². The first-order valence-electron chi connectivity index (χ1n) is 9.94. The molecular formula is C23H24N2O4. The first-order chi connectivity index (χ1) is 14.0. The number of aryl methyl sites for hydroxylation is 1. The summed E-state index contributed by atoms with van der Waals surface area (Å²) >= 11 is 0. The number of nitrogens with one attached hydrogen (secondary N) is 2. The summed E-state index contributed by atoms with van der Waals surface area (Å²) in [6.45, 7) is 4.37. The molecule has 0 radical (unpaired) electrons. The number of hydrogen-bond donors (Lipinski definition) is 2. The number of ether oxygens (including phenoxy) is 1. The van der Waals surface area contributed by atoms with Crippen LogP contribution in [0.4, 0.5) is 5.69 Å². The van der Waals surface area contributed by atoms with Gasteiger partial charge in [0.15, 0.2) is 11.3 Å². The molecule has 1 atom stereocenters. The predicted molar refractivity (Wildman–Crippen MR) is 111 cm³/mol. The Bertz CT molecular complexity index is 1070. The van der Waals surface area contributed by atoms with Gasteiger partial charge in [0, 0.05) is 23.1 Å². The summed E-state index contributed by atoms with van der Waals surface area (Å²) < 4.78 is 11.6. The fraction of sp³-hybridized carbons (Fsp3) is 0.304. The molecule has 29 heavy (non-hydrogen) atoms. The number of hydrogen-bond acceptors (Lipinski definition) is 4. The van der Waals surface area contributed by atoms with Crippen LogP contribution in [0.25, 0.3) is 11.0 Å². The van der Waals surface area contributed by atoms with Gasteiger partial charge < -0.3 is 19.8 Å². The molecule has 6 heteroatoms. The number of amides is 2. The van der Waals surface area contributed by atoms with E-state index in [1.165, 1.54) is 0 Å². The molecule has 4 rings (SSSR count). The molecular weight excluding hydrogens is 368 g/mol. The zero-order valence-corrected chi connectivity index (χ0v) is 16.6. The number of para-hydroxylation sites is 1. The van der Waals surface area contributed by atoms with E-state index in [-0.39, 0.29) is 17.9 Å².